The second-order valence-corrected chi connectivity index (χ2v) is 6.48. The van der Waals surface area contributed by atoms with Crippen LogP contribution in [0.25, 0.3) is 0 Å². The fourth-order valence-corrected chi connectivity index (χ4v) is 3.44. The zero-order valence-corrected chi connectivity index (χ0v) is 13.8. The standard InChI is InChI=1S/C15H19N5O2S/c1-11(9-19-6-3-5-16-19)17-13(21)8-12-10-23-15(18-12)20-7-2-4-14(20)22/h3,5-6,10-11H,2,4,7-9H2,1H3,(H,17,21)/t11-/m1/s1. The fraction of sp³-hybridized carbons (Fsp3) is 0.467. The topological polar surface area (TPSA) is 80.1 Å². The Hall–Kier alpha value is -2.22. The summed E-state index contributed by atoms with van der Waals surface area (Å²) in [6.45, 7) is 3.29. The molecule has 2 aromatic heterocycles. The Kier molecular flexibility index (Phi) is 4.71. The van der Waals surface area contributed by atoms with Gasteiger partial charge in [-0.2, -0.15) is 5.10 Å². The summed E-state index contributed by atoms with van der Waals surface area (Å²) in [5, 5.41) is 9.60. The van der Waals surface area contributed by atoms with E-state index in [9.17, 15) is 9.59 Å². The maximum atomic E-state index is 12.1. The number of hydrogen-bond acceptors (Lipinski definition) is 5. The van der Waals surface area contributed by atoms with E-state index < -0.39 is 0 Å². The predicted molar refractivity (Wildman–Crippen MR) is 87.2 cm³/mol. The van der Waals surface area contributed by atoms with Crippen LogP contribution in [0.3, 0.4) is 0 Å². The molecule has 3 heterocycles. The molecule has 0 saturated carbocycles. The highest BCUT2D eigenvalue weighted by molar-refractivity contribution is 7.14. The van der Waals surface area contributed by atoms with Crippen LogP contribution in [0.15, 0.2) is 23.8 Å². The van der Waals surface area contributed by atoms with Crippen molar-refractivity contribution in [3.8, 4) is 0 Å². The van der Waals surface area contributed by atoms with Crippen LogP contribution in [0, 0.1) is 0 Å². The summed E-state index contributed by atoms with van der Waals surface area (Å²) in [5.74, 6) is 0.0393. The van der Waals surface area contributed by atoms with Gasteiger partial charge in [-0.25, -0.2) is 4.98 Å². The van der Waals surface area contributed by atoms with Crippen molar-refractivity contribution >= 4 is 28.3 Å². The molecule has 8 heteroatoms. The Labute approximate surface area is 138 Å². The van der Waals surface area contributed by atoms with Crippen LogP contribution in [-0.2, 0) is 22.6 Å². The molecule has 3 rings (SSSR count). The molecule has 1 saturated heterocycles. The molecular weight excluding hydrogens is 314 g/mol. The fourth-order valence-electron chi connectivity index (χ4n) is 2.58. The number of nitrogens with zero attached hydrogens (tertiary/aromatic N) is 4. The Bertz CT molecular complexity index is 682. The van der Waals surface area contributed by atoms with Gasteiger partial charge in [0.25, 0.3) is 0 Å². The summed E-state index contributed by atoms with van der Waals surface area (Å²) in [7, 11) is 0. The van der Waals surface area contributed by atoms with Gasteiger partial charge in [0.2, 0.25) is 11.8 Å². The summed E-state index contributed by atoms with van der Waals surface area (Å²) in [6.07, 6.45) is 5.26. The molecule has 1 atom stereocenters. The zero-order valence-electron chi connectivity index (χ0n) is 12.9. The quantitative estimate of drug-likeness (QED) is 0.862. The highest BCUT2D eigenvalue weighted by Gasteiger charge is 2.24. The largest absolute Gasteiger partial charge is 0.351 e. The van der Waals surface area contributed by atoms with Gasteiger partial charge in [-0.1, -0.05) is 0 Å². The van der Waals surface area contributed by atoms with Crippen molar-refractivity contribution in [1.82, 2.24) is 20.1 Å². The summed E-state index contributed by atoms with van der Waals surface area (Å²) < 4.78 is 1.78. The zero-order chi connectivity index (χ0) is 16.2. The average molecular weight is 333 g/mol. The van der Waals surface area contributed by atoms with E-state index in [1.54, 1.807) is 15.8 Å². The molecule has 0 spiro atoms. The Morgan fingerprint density at radius 1 is 1.52 bits per heavy atom. The molecular formula is C15H19N5O2S. The Morgan fingerprint density at radius 2 is 2.39 bits per heavy atom. The molecule has 2 amide bonds. The minimum Gasteiger partial charge on any atom is -0.351 e. The first-order chi connectivity index (χ1) is 11.1. The predicted octanol–water partition coefficient (Wildman–Crippen LogP) is 1.21. The summed E-state index contributed by atoms with van der Waals surface area (Å²) in [6, 6.07) is 1.84. The first-order valence-electron chi connectivity index (χ1n) is 7.63. The van der Waals surface area contributed by atoms with Crippen LogP contribution in [-0.4, -0.2) is 39.2 Å². The van der Waals surface area contributed by atoms with Crippen molar-refractivity contribution in [2.75, 3.05) is 11.4 Å². The number of nitrogens with one attached hydrogen (secondary N) is 1. The number of aromatic nitrogens is 3. The van der Waals surface area contributed by atoms with Crippen molar-refractivity contribution in [3.05, 3.63) is 29.5 Å². The molecule has 0 unspecified atom stereocenters. The van der Waals surface area contributed by atoms with Crippen molar-refractivity contribution in [3.63, 3.8) is 0 Å². The first-order valence-corrected chi connectivity index (χ1v) is 8.51. The van der Waals surface area contributed by atoms with E-state index in [1.165, 1.54) is 11.3 Å². The number of rotatable bonds is 6. The molecule has 0 aromatic carbocycles. The number of hydrogen-bond donors (Lipinski definition) is 1. The third-order valence-electron chi connectivity index (χ3n) is 3.61. The number of carbonyl (C=O) groups is 2. The van der Waals surface area contributed by atoms with Crippen LogP contribution in [0.2, 0.25) is 0 Å². The van der Waals surface area contributed by atoms with E-state index >= 15 is 0 Å². The van der Waals surface area contributed by atoms with E-state index in [1.807, 2.05) is 24.6 Å². The van der Waals surface area contributed by atoms with Crippen molar-refractivity contribution in [1.29, 1.82) is 0 Å². The van der Waals surface area contributed by atoms with Crippen LogP contribution in [0.4, 0.5) is 5.13 Å². The maximum absolute atomic E-state index is 12.1. The van der Waals surface area contributed by atoms with Gasteiger partial charge in [-0.15, -0.1) is 11.3 Å². The second-order valence-electron chi connectivity index (χ2n) is 5.64. The Morgan fingerprint density at radius 3 is 3.09 bits per heavy atom. The van der Waals surface area contributed by atoms with Gasteiger partial charge in [-0.3, -0.25) is 19.2 Å². The number of thiazole rings is 1. The highest BCUT2D eigenvalue weighted by Crippen LogP contribution is 2.25. The molecule has 7 nitrogen and oxygen atoms in total. The van der Waals surface area contributed by atoms with Gasteiger partial charge in [0.15, 0.2) is 5.13 Å². The van der Waals surface area contributed by atoms with E-state index in [0.29, 0.717) is 23.8 Å². The molecule has 1 fully saturated rings. The van der Waals surface area contributed by atoms with Gasteiger partial charge in [-0.05, 0) is 19.4 Å². The highest BCUT2D eigenvalue weighted by atomic mass is 32.1. The summed E-state index contributed by atoms with van der Waals surface area (Å²) in [4.78, 5) is 29.9. The van der Waals surface area contributed by atoms with Gasteiger partial charge >= 0.3 is 0 Å². The monoisotopic (exact) mass is 333 g/mol. The molecule has 1 N–H and O–H groups in total. The number of anilines is 1. The molecule has 2 aromatic rings. The summed E-state index contributed by atoms with van der Waals surface area (Å²) >= 11 is 1.42. The average Bonchev–Trinajstić information content (AvgIpc) is 3.20. The molecule has 0 bridgehead atoms. The molecule has 0 aliphatic carbocycles. The second kappa shape index (κ2) is 6.91. The van der Waals surface area contributed by atoms with Crippen LogP contribution >= 0.6 is 11.3 Å². The van der Waals surface area contributed by atoms with Gasteiger partial charge in [0, 0.05) is 36.8 Å². The van der Waals surface area contributed by atoms with Crippen LogP contribution < -0.4 is 10.2 Å². The summed E-state index contributed by atoms with van der Waals surface area (Å²) in [5.41, 5.74) is 0.702. The van der Waals surface area contributed by atoms with Crippen molar-refractivity contribution in [2.24, 2.45) is 0 Å². The van der Waals surface area contributed by atoms with Crippen molar-refractivity contribution < 1.29 is 9.59 Å². The third-order valence-corrected chi connectivity index (χ3v) is 4.53. The van der Waals surface area contributed by atoms with E-state index in [2.05, 4.69) is 15.4 Å². The van der Waals surface area contributed by atoms with E-state index in [-0.39, 0.29) is 24.3 Å². The Balaban J connectivity index is 1.51. The van der Waals surface area contributed by atoms with Gasteiger partial charge in [0.05, 0.1) is 18.7 Å². The van der Waals surface area contributed by atoms with Crippen molar-refractivity contribution in [2.45, 2.75) is 38.8 Å². The normalized spacial score (nSPS) is 15.9. The van der Waals surface area contributed by atoms with Gasteiger partial charge in [0.1, 0.15) is 0 Å². The minimum atomic E-state index is -0.0748. The van der Waals surface area contributed by atoms with E-state index in [4.69, 9.17) is 0 Å². The number of carbonyl (C=O) groups excluding carboxylic acids is 2. The lowest BCUT2D eigenvalue weighted by molar-refractivity contribution is -0.121. The smallest absolute Gasteiger partial charge is 0.228 e. The van der Waals surface area contributed by atoms with E-state index in [0.717, 1.165) is 13.0 Å². The number of amides is 2. The van der Waals surface area contributed by atoms with Crippen LogP contribution in [0.5, 0.6) is 0 Å². The SMILES string of the molecule is C[C@H](Cn1cccn1)NC(=O)Cc1csc(N2CCCC2=O)n1. The van der Waals surface area contributed by atoms with Crippen LogP contribution in [0.1, 0.15) is 25.5 Å². The molecule has 23 heavy (non-hydrogen) atoms. The minimum absolute atomic E-state index is 0.0133. The first kappa shape index (κ1) is 15.7. The molecule has 0 radical (unpaired) electrons. The lowest BCUT2D eigenvalue weighted by Gasteiger charge is -2.13. The molecule has 1 aliphatic heterocycles. The van der Waals surface area contributed by atoms with Gasteiger partial charge < -0.3 is 5.32 Å². The third kappa shape index (κ3) is 3.95. The molecule has 1 aliphatic rings. The maximum Gasteiger partial charge on any atom is 0.228 e. The lowest BCUT2D eigenvalue weighted by atomic mass is 10.3. The molecule has 122 valence electrons. The lowest BCUT2D eigenvalue weighted by Crippen LogP contribution is -2.36.